The van der Waals surface area contributed by atoms with Gasteiger partial charge in [-0.15, -0.1) is 10.2 Å². The van der Waals surface area contributed by atoms with Crippen LogP contribution in [0.4, 0.5) is 4.79 Å². The maximum Gasteiger partial charge on any atom is 0.321 e. The number of aromatic nitrogens is 3. The molecule has 2 N–H and O–H groups in total. The fourth-order valence-corrected chi connectivity index (χ4v) is 3.94. The van der Waals surface area contributed by atoms with Crippen LogP contribution in [0.25, 0.3) is 11.4 Å². The molecule has 28 heavy (non-hydrogen) atoms. The quantitative estimate of drug-likeness (QED) is 0.720. The SMILES string of the molecule is COc1ccc(-c2nnc(S[C@H](C)C(=O)NC(=O)NC3CCCC3)n2C)cc1. The molecule has 1 atom stereocenters. The minimum Gasteiger partial charge on any atom is -0.497 e. The van der Waals surface area contributed by atoms with Crippen molar-refractivity contribution in [2.24, 2.45) is 7.05 Å². The first kappa shape index (κ1) is 20.2. The molecule has 1 aromatic carbocycles. The second kappa shape index (κ2) is 9.09. The van der Waals surface area contributed by atoms with Gasteiger partial charge in [-0.25, -0.2) is 4.79 Å². The Morgan fingerprint density at radius 2 is 1.89 bits per heavy atom. The van der Waals surface area contributed by atoms with Crippen molar-refractivity contribution in [2.75, 3.05) is 7.11 Å². The second-order valence-electron chi connectivity index (χ2n) is 6.80. The van der Waals surface area contributed by atoms with Crippen LogP contribution < -0.4 is 15.4 Å². The Labute approximate surface area is 168 Å². The van der Waals surface area contributed by atoms with Crippen LogP contribution in [0.2, 0.25) is 0 Å². The molecule has 1 saturated carbocycles. The van der Waals surface area contributed by atoms with Gasteiger partial charge in [-0.05, 0) is 44.0 Å². The third kappa shape index (κ3) is 4.83. The van der Waals surface area contributed by atoms with E-state index < -0.39 is 11.3 Å². The van der Waals surface area contributed by atoms with E-state index in [4.69, 9.17) is 4.74 Å². The fraction of sp³-hybridized carbons (Fsp3) is 0.474. The second-order valence-corrected chi connectivity index (χ2v) is 8.11. The lowest BCUT2D eigenvalue weighted by Gasteiger charge is -2.14. The molecule has 1 fully saturated rings. The highest BCUT2D eigenvalue weighted by atomic mass is 32.2. The summed E-state index contributed by atoms with van der Waals surface area (Å²) < 4.78 is 7.00. The van der Waals surface area contributed by atoms with Gasteiger partial charge in [-0.1, -0.05) is 24.6 Å². The molecule has 0 aliphatic heterocycles. The zero-order valence-electron chi connectivity index (χ0n) is 16.3. The van der Waals surface area contributed by atoms with E-state index >= 15 is 0 Å². The molecule has 1 aliphatic rings. The van der Waals surface area contributed by atoms with Gasteiger partial charge in [0, 0.05) is 18.7 Å². The van der Waals surface area contributed by atoms with Gasteiger partial charge < -0.3 is 14.6 Å². The highest BCUT2D eigenvalue weighted by molar-refractivity contribution is 8.00. The predicted molar refractivity (Wildman–Crippen MR) is 107 cm³/mol. The number of amides is 3. The Morgan fingerprint density at radius 1 is 1.21 bits per heavy atom. The van der Waals surface area contributed by atoms with Gasteiger partial charge in [0.05, 0.1) is 12.4 Å². The molecule has 2 aromatic rings. The number of imide groups is 1. The van der Waals surface area contributed by atoms with Crippen LogP contribution >= 0.6 is 11.8 Å². The summed E-state index contributed by atoms with van der Waals surface area (Å²) in [6.07, 6.45) is 4.18. The first-order valence-corrected chi connectivity index (χ1v) is 10.2. The number of urea groups is 1. The molecular weight excluding hydrogens is 378 g/mol. The van der Waals surface area contributed by atoms with Crippen molar-refractivity contribution in [1.82, 2.24) is 25.4 Å². The molecule has 1 aliphatic carbocycles. The van der Waals surface area contributed by atoms with Crippen LogP contribution in [0.1, 0.15) is 32.6 Å². The van der Waals surface area contributed by atoms with Crippen molar-refractivity contribution in [3.63, 3.8) is 0 Å². The van der Waals surface area contributed by atoms with Crippen LogP contribution in [-0.2, 0) is 11.8 Å². The number of carbonyl (C=O) groups excluding carboxylic acids is 2. The number of ether oxygens (including phenoxy) is 1. The lowest BCUT2D eigenvalue weighted by atomic mass is 10.2. The fourth-order valence-electron chi connectivity index (χ4n) is 3.13. The highest BCUT2D eigenvalue weighted by Gasteiger charge is 2.23. The van der Waals surface area contributed by atoms with Gasteiger partial charge >= 0.3 is 6.03 Å². The van der Waals surface area contributed by atoms with Crippen molar-refractivity contribution in [3.8, 4) is 17.1 Å². The van der Waals surface area contributed by atoms with Crippen LogP contribution in [0, 0.1) is 0 Å². The van der Waals surface area contributed by atoms with Crippen molar-refractivity contribution in [3.05, 3.63) is 24.3 Å². The van der Waals surface area contributed by atoms with Crippen molar-refractivity contribution in [2.45, 2.75) is 49.1 Å². The molecule has 1 heterocycles. The Hall–Kier alpha value is -2.55. The molecule has 0 unspecified atom stereocenters. The lowest BCUT2D eigenvalue weighted by Crippen LogP contribution is -2.45. The number of benzene rings is 1. The van der Waals surface area contributed by atoms with Crippen LogP contribution in [-0.4, -0.2) is 45.1 Å². The normalized spacial score (nSPS) is 15.2. The molecule has 0 bridgehead atoms. The molecule has 150 valence electrons. The predicted octanol–water partition coefficient (Wildman–Crippen LogP) is 2.74. The maximum atomic E-state index is 12.3. The number of hydrogen-bond acceptors (Lipinski definition) is 6. The molecule has 3 amide bonds. The standard InChI is InChI=1S/C19H25N5O3S/c1-12(17(25)21-18(26)20-14-6-4-5-7-14)28-19-23-22-16(24(19)2)13-8-10-15(27-3)11-9-13/h8-12,14H,4-7H2,1-3H3,(H2,20,21,25,26)/t12-/m1/s1. The topological polar surface area (TPSA) is 98.1 Å². The van der Waals surface area contributed by atoms with Gasteiger partial charge in [-0.2, -0.15) is 0 Å². The number of hydrogen-bond donors (Lipinski definition) is 2. The molecule has 9 heteroatoms. The Bertz CT molecular complexity index is 831. The molecule has 0 radical (unpaired) electrons. The van der Waals surface area contributed by atoms with E-state index in [1.807, 2.05) is 35.9 Å². The Morgan fingerprint density at radius 3 is 2.54 bits per heavy atom. The molecule has 1 aromatic heterocycles. The third-order valence-corrected chi connectivity index (χ3v) is 5.90. The van der Waals surface area contributed by atoms with Gasteiger partial charge in [0.15, 0.2) is 11.0 Å². The van der Waals surface area contributed by atoms with E-state index in [0.29, 0.717) is 11.0 Å². The number of nitrogens with zero attached hydrogens (tertiary/aromatic N) is 3. The number of carbonyl (C=O) groups is 2. The summed E-state index contributed by atoms with van der Waals surface area (Å²) in [5.74, 6) is 1.10. The number of methoxy groups -OCH3 is 1. The zero-order chi connectivity index (χ0) is 20.1. The van der Waals surface area contributed by atoms with Crippen molar-refractivity contribution < 1.29 is 14.3 Å². The first-order valence-electron chi connectivity index (χ1n) is 9.29. The monoisotopic (exact) mass is 403 g/mol. The van der Waals surface area contributed by atoms with E-state index in [2.05, 4.69) is 20.8 Å². The van der Waals surface area contributed by atoms with E-state index in [1.165, 1.54) is 11.8 Å². The van der Waals surface area contributed by atoms with E-state index in [-0.39, 0.29) is 11.9 Å². The summed E-state index contributed by atoms with van der Waals surface area (Å²) in [7, 11) is 3.46. The van der Waals surface area contributed by atoms with E-state index in [9.17, 15) is 9.59 Å². The minimum atomic E-state index is -0.485. The molecule has 0 saturated heterocycles. The summed E-state index contributed by atoms with van der Waals surface area (Å²) in [5.41, 5.74) is 0.899. The summed E-state index contributed by atoms with van der Waals surface area (Å²) in [6.45, 7) is 1.74. The van der Waals surface area contributed by atoms with Crippen LogP contribution in [0.3, 0.4) is 0 Å². The van der Waals surface area contributed by atoms with Gasteiger partial charge in [-0.3, -0.25) is 10.1 Å². The largest absolute Gasteiger partial charge is 0.497 e. The molecule has 8 nitrogen and oxygen atoms in total. The average molecular weight is 404 g/mol. The van der Waals surface area contributed by atoms with E-state index in [1.54, 1.807) is 14.0 Å². The van der Waals surface area contributed by atoms with Crippen molar-refractivity contribution in [1.29, 1.82) is 0 Å². The maximum absolute atomic E-state index is 12.3. The van der Waals surface area contributed by atoms with Gasteiger partial charge in [0.25, 0.3) is 0 Å². The zero-order valence-corrected chi connectivity index (χ0v) is 17.1. The summed E-state index contributed by atoms with van der Waals surface area (Å²) in [4.78, 5) is 24.3. The van der Waals surface area contributed by atoms with E-state index in [0.717, 1.165) is 37.0 Å². The summed E-state index contributed by atoms with van der Waals surface area (Å²) >= 11 is 1.26. The van der Waals surface area contributed by atoms with Crippen molar-refractivity contribution >= 4 is 23.7 Å². The number of rotatable bonds is 6. The minimum absolute atomic E-state index is 0.168. The lowest BCUT2D eigenvalue weighted by molar-refractivity contribution is -0.119. The van der Waals surface area contributed by atoms with Gasteiger partial charge in [0.2, 0.25) is 5.91 Å². The highest BCUT2D eigenvalue weighted by Crippen LogP contribution is 2.26. The smallest absolute Gasteiger partial charge is 0.321 e. The summed E-state index contributed by atoms with van der Waals surface area (Å²) in [5, 5.41) is 13.8. The van der Waals surface area contributed by atoms with Gasteiger partial charge in [0.1, 0.15) is 5.75 Å². The number of nitrogens with one attached hydrogen (secondary N) is 2. The molecular formula is C19H25N5O3S. The Balaban J connectivity index is 1.58. The average Bonchev–Trinajstić information content (AvgIpc) is 3.32. The third-order valence-electron chi connectivity index (χ3n) is 4.76. The number of thioether (sulfide) groups is 1. The van der Waals surface area contributed by atoms with Crippen LogP contribution in [0.5, 0.6) is 5.75 Å². The van der Waals surface area contributed by atoms with Crippen LogP contribution in [0.15, 0.2) is 29.4 Å². The first-order chi connectivity index (χ1) is 13.5. The Kier molecular flexibility index (Phi) is 6.56. The summed E-state index contributed by atoms with van der Waals surface area (Å²) in [6, 6.07) is 7.26. The molecule has 3 rings (SSSR count). The molecule has 0 spiro atoms.